The van der Waals surface area contributed by atoms with Crippen molar-refractivity contribution in [2.24, 2.45) is 0 Å². The summed E-state index contributed by atoms with van der Waals surface area (Å²) in [4.78, 5) is 14.9. The van der Waals surface area contributed by atoms with Gasteiger partial charge in [-0.25, -0.2) is 17.8 Å². The number of nitrogens with zero attached hydrogens (tertiary/aromatic N) is 1. The highest BCUT2D eigenvalue weighted by molar-refractivity contribution is 7.92. The lowest BCUT2D eigenvalue weighted by molar-refractivity contribution is -0.113. The zero-order valence-corrected chi connectivity index (χ0v) is 9.71. The van der Waals surface area contributed by atoms with Gasteiger partial charge in [0.15, 0.2) is 9.84 Å². The highest BCUT2D eigenvalue weighted by Gasteiger charge is 2.15. The van der Waals surface area contributed by atoms with Gasteiger partial charge in [-0.2, -0.15) is 0 Å². The topological polar surface area (TPSA) is 76.1 Å². The number of nitrogens with one attached hydrogen (secondary N) is 1. The Morgan fingerprint density at radius 2 is 2.24 bits per heavy atom. The van der Waals surface area contributed by atoms with E-state index in [0.29, 0.717) is 0 Å². The second-order valence-electron chi connectivity index (χ2n) is 3.25. The highest BCUT2D eigenvalue weighted by Crippen LogP contribution is 2.03. The van der Waals surface area contributed by atoms with E-state index in [1.54, 1.807) is 0 Å². The number of aromatic nitrogens is 1. The van der Waals surface area contributed by atoms with E-state index >= 15 is 0 Å². The van der Waals surface area contributed by atoms with Gasteiger partial charge >= 0.3 is 0 Å². The molecule has 0 saturated carbocycles. The minimum atomic E-state index is -3.49. The molecule has 0 spiro atoms. The fourth-order valence-corrected chi connectivity index (χ4v) is 2.02. The average Bonchev–Trinajstić information content (AvgIpc) is 2.20. The zero-order valence-electron chi connectivity index (χ0n) is 8.89. The van der Waals surface area contributed by atoms with E-state index in [0.717, 1.165) is 12.3 Å². The molecule has 1 N–H and O–H groups in total. The second kappa shape index (κ2) is 5.53. The van der Waals surface area contributed by atoms with Gasteiger partial charge in [-0.05, 0) is 12.1 Å². The number of hydrogen-bond acceptors (Lipinski definition) is 4. The number of hydrogen-bond donors (Lipinski definition) is 1. The third-order valence-corrected chi connectivity index (χ3v) is 3.16. The third kappa shape index (κ3) is 4.73. The van der Waals surface area contributed by atoms with Crippen LogP contribution in [0.5, 0.6) is 0 Å². The second-order valence-corrected chi connectivity index (χ2v) is 5.36. The van der Waals surface area contributed by atoms with Crippen LogP contribution in [0.4, 0.5) is 10.2 Å². The maximum Gasteiger partial charge on any atom is 0.240 e. The summed E-state index contributed by atoms with van der Waals surface area (Å²) < 4.78 is 35.1. The Morgan fingerprint density at radius 1 is 1.53 bits per heavy atom. The number of halogens is 1. The van der Waals surface area contributed by atoms with Crippen LogP contribution >= 0.6 is 0 Å². The van der Waals surface area contributed by atoms with E-state index in [4.69, 9.17) is 0 Å². The van der Waals surface area contributed by atoms with Crippen LogP contribution in [0.15, 0.2) is 31.0 Å². The van der Waals surface area contributed by atoms with Crippen LogP contribution in [-0.4, -0.2) is 30.8 Å². The number of carbonyl (C=O) groups is 1. The van der Waals surface area contributed by atoms with E-state index < -0.39 is 27.3 Å². The van der Waals surface area contributed by atoms with Crippen molar-refractivity contribution in [1.29, 1.82) is 0 Å². The summed E-state index contributed by atoms with van der Waals surface area (Å²) in [5, 5.41) is 2.25. The number of rotatable bonds is 5. The molecule has 0 radical (unpaired) electrons. The van der Waals surface area contributed by atoms with Crippen LogP contribution in [0, 0.1) is 5.82 Å². The molecule has 1 amide bonds. The summed E-state index contributed by atoms with van der Waals surface area (Å²) in [6.07, 6.45) is 2.13. The molecule has 1 heterocycles. The largest absolute Gasteiger partial charge is 0.310 e. The van der Waals surface area contributed by atoms with E-state index in [-0.39, 0.29) is 11.6 Å². The molecule has 1 rings (SSSR count). The summed E-state index contributed by atoms with van der Waals surface area (Å²) in [6, 6.07) is 2.36. The maximum atomic E-state index is 12.5. The molecule has 0 atom stereocenters. The lowest BCUT2D eigenvalue weighted by Gasteiger charge is -2.04. The van der Waals surface area contributed by atoms with Crippen LogP contribution in [-0.2, 0) is 14.6 Å². The Bertz CT molecular complexity index is 511. The number of carbonyl (C=O) groups excluding carboxylic acids is 1. The van der Waals surface area contributed by atoms with Gasteiger partial charge in [-0.3, -0.25) is 4.79 Å². The SMILES string of the molecule is C=CCS(=O)(=O)CC(=O)Nc1ccc(F)cn1. The van der Waals surface area contributed by atoms with Crippen LogP contribution < -0.4 is 5.32 Å². The van der Waals surface area contributed by atoms with E-state index in [1.807, 2.05) is 0 Å². The quantitative estimate of drug-likeness (QED) is 0.791. The van der Waals surface area contributed by atoms with Crippen molar-refractivity contribution in [3.05, 3.63) is 36.8 Å². The van der Waals surface area contributed by atoms with Crippen molar-refractivity contribution >= 4 is 21.6 Å². The standard InChI is InChI=1S/C10H11FN2O3S/c1-2-5-17(15,16)7-10(14)13-9-4-3-8(11)6-12-9/h2-4,6H,1,5,7H2,(H,12,13,14). The van der Waals surface area contributed by atoms with Crippen molar-refractivity contribution in [3.63, 3.8) is 0 Å². The van der Waals surface area contributed by atoms with Crippen LogP contribution in [0.1, 0.15) is 0 Å². The predicted molar refractivity (Wildman–Crippen MR) is 61.7 cm³/mol. The summed E-state index contributed by atoms with van der Waals surface area (Å²) in [5.41, 5.74) is 0. The van der Waals surface area contributed by atoms with Gasteiger partial charge in [0.1, 0.15) is 17.4 Å². The predicted octanol–water partition coefficient (Wildman–Crippen LogP) is 0.760. The smallest absolute Gasteiger partial charge is 0.240 e. The monoisotopic (exact) mass is 258 g/mol. The molecular formula is C10H11FN2O3S. The van der Waals surface area contributed by atoms with Crippen molar-refractivity contribution < 1.29 is 17.6 Å². The van der Waals surface area contributed by atoms with Gasteiger partial charge < -0.3 is 5.32 Å². The van der Waals surface area contributed by atoms with E-state index in [9.17, 15) is 17.6 Å². The molecule has 0 aliphatic heterocycles. The van der Waals surface area contributed by atoms with Gasteiger partial charge in [-0.15, -0.1) is 6.58 Å². The number of amides is 1. The first-order valence-corrected chi connectivity index (χ1v) is 6.48. The van der Waals surface area contributed by atoms with Crippen LogP contribution in [0.25, 0.3) is 0 Å². The molecule has 0 aliphatic carbocycles. The van der Waals surface area contributed by atoms with E-state index in [1.165, 1.54) is 12.1 Å². The minimum absolute atomic E-state index is 0.102. The van der Waals surface area contributed by atoms with Crippen LogP contribution in [0.2, 0.25) is 0 Å². The number of anilines is 1. The Kier molecular flexibility index (Phi) is 4.33. The number of sulfone groups is 1. The normalized spacial score (nSPS) is 10.9. The van der Waals surface area contributed by atoms with Gasteiger partial charge in [-0.1, -0.05) is 6.08 Å². The van der Waals surface area contributed by atoms with Crippen molar-refractivity contribution in [3.8, 4) is 0 Å². The van der Waals surface area contributed by atoms with Gasteiger partial charge in [0.2, 0.25) is 5.91 Å². The van der Waals surface area contributed by atoms with Crippen molar-refractivity contribution in [1.82, 2.24) is 4.98 Å². The summed E-state index contributed by atoms with van der Waals surface area (Å²) >= 11 is 0. The van der Waals surface area contributed by atoms with Gasteiger partial charge in [0, 0.05) is 0 Å². The molecule has 0 aromatic carbocycles. The van der Waals surface area contributed by atoms with Crippen LogP contribution in [0.3, 0.4) is 0 Å². The highest BCUT2D eigenvalue weighted by atomic mass is 32.2. The molecule has 7 heteroatoms. The lowest BCUT2D eigenvalue weighted by Crippen LogP contribution is -2.24. The van der Waals surface area contributed by atoms with Crippen molar-refractivity contribution in [2.45, 2.75) is 0 Å². The Labute approximate surface area is 98.3 Å². The first-order chi connectivity index (χ1) is 7.93. The number of pyridine rings is 1. The molecule has 1 aromatic rings. The average molecular weight is 258 g/mol. The summed E-state index contributed by atoms with van der Waals surface area (Å²) in [6.45, 7) is 3.28. The molecule has 17 heavy (non-hydrogen) atoms. The molecule has 0 aliphatic rings. The van der Waals surface area contributed by atoms with E-state index in [2.05, 4.69) is 16.9 Å². The third-order valence-electron chi connectivity index (χ3n) is 1.72. The molecule has 92 valence electrons. The molecule has 0 unspecified atom stereocenters. The Morgan fingerprint density at radius 3 is 2.76 bits per heavy atom. The Hall–Kier alpha value is -1.76. The first kappa shape index (κ1) is 13.3. The van der Waals surface area contributed by atoms with Crippen molar-refractivity contribution in [2.75, 3.05) is 16.8 Å². The molecule has 5 nitrogen and oxygen atoms in total. The molecule has 0 bridgehead atoms. The molecule has 0 fully saturated rings. The lowest BCUT2D eigenvalue weighted by atomic mass is 10.4. The molecular weight excluding hydrogens is 247 g/mol. The summed E-state index contributed by atoms with van der Waals surface area (Å²) in [7, 11) is -3.49. The zero-order chi connectivity index (χ0) is 12.9. The maximum absolute atomic E-state index is 12.5. The fraction of sp³-hybridized carbons (Fsp3) is 0.200. The molecule has 0 saturated heterocycles. The van der Waals surface area contributed by atoms with Gasteiger partial charge in [0.05, 0.1) is 11.9 Å². The first-order valence-electron chi connectivity index (χ1n) is 4.66. The fourth-order valence-electron chi connectivity index (χ4n) is 1.07. The van der Waals surface area contributed by atoms with Gasteiger partial charge in [0.25, 0.3) is 0 Å². The Balaban J connectivity index is 2.61. The molecule has 1 aromatic heterocycles. The minimum Gasteiger partial charge on any atom is -0.310 e. The summed E-state index contributed by atoms with van der Waals surface area (Å²) in [5.74, 6) is -2.08.